The number of hydrogen-bond acceptors (Lipinski definition) is 5. The topological polar surface area (TPSA) is 62.6 Å². The van der Waals surface area contributed by atoms with Crippen LogP contribution in [0.5, 0.6) is 11.5 Å². The predicted molar refractivity (Wildman–Crippen MR) is 99.9 cm³/mol. The van der Waals surface area contributed by atoms with Crippen molar-refractivity contribution >= 4 is 10.9 Å². The van der Waals surface area contributed by atoms with Crippen LogP contribution in [0.1, 0.15) is 6.92 Å². The lowest BCUT2D eigenvalue weighted by Crippen LogP contribution is -2.23. The SMILES string of the molecule is CCOc1ccc(OCCOCCn2cnc3ccccc3c2=O)cc1. The zero-order valence-electron chi connectivity index (χ0n) is 14.8. The minimum absolute atomic E-state index is 0.0511. The van der Waals surface area contributed by atoms with Crippen LogP contribution in [-0.2, 0) is 11.3 Å². The summed E-state index contributed by atoms with van der Waals surface area (Å²) >= 11 is 0. The van der Waals surface area contributed by atoms with Crippen molar-refractivity contribution in [2.75, 3.05) is 26.4 Å². The number of rotatable bonds is 9. The van der Waals surface area contributed by atoms with Gasteiger partial charge >= 0.3 is 0 Å². The summed E-state index contributed by atoms with van der Waals surface area (Å²) in [5.74, 6) is 1.59. The molecule has 0 aliphatic carbocycles. The van der Waals surface area contributed by atoms with Crippen LogP contribution in [-0.4, -0.2) is 36.0 Å². The number of nitrogens with zero attached hydrogens (tertiary/aromatic N) is 2. The first-order valence-electron chi connectivity index (χ1n) is 8.65. The second-order valence-corrected chi connectivity index (χ2v) is 5.63. The van der Waals surface area contributed by atoms with Crippen molar-refractivity contribution in [3.8, 4) is 11.5 Å². The van der Waals surface area contributed by atoms with Gasteiger partial charge in [0, 0.05) is 0 Å². The second kappa shape index (κ2) is 9.01. The fraction of sp³-hybridized carbons (Fsp3) is 0.300. The molecule has 1 heterocycles. The highest BCUT2D eigenvalue weighted by molar-refractivity contribution is 5.76. The number of hydrogen-bond donors (Lipinski definition) is 0. The van der Waals surface area contributed by atoms with Gasteiger partial charge in [-0.05, 0) is 43.3 Å². The summed E-state index contributed by atoms with van der Waals surface area (Å²) in [5.41, 5.74) is 0.656. The van der Waals surface area contributed by atoms with Gasteiger partial charge in [0.25, 0.3) is 5.56 Å². The van der Waals surface area contributed by atoms with Gasteiger partial charge < -0.3 is 14.2 Å². The number of fused-ring (bicyclic) bond motifs is 1. The smallest absolute Gasteiger partial charge is 0.261 e. The lowest BCUT2D eigenvalue weighted by atomic mass is 10.2. The van der Waals surface area contributed by atoms with E-state index in [4.69, 9.17) is 14.2 Å². The quantitative estimate of drug-likeness (QED) is 0.553. The average molecular weight is 354 g/mol. The molecule has 6 heteroatoms. The highest BCUT2D eigenvalue weighted by Crippen LogP contribution is 2.17. The molecule has 3 aromatic rings. The molecule has 0 unspecified atom stereocenters. The fourth-order valence-electron chi connectivity index (χ4n) is 2.55. The zero-order chi connectivity index (χ0) is 18.2. The molecule has 26 heavy (non-hydrogen) atoms. The van der Waals surface area contributed by atoms with E-state index in [1.165, 1.54) is 0 Å². The molecule has 0 atom stereocenters. The van der Waals surface area contributed by atoms with E-state index in [2.05, 4.69) is 4.98 Å². The predicted octanol–water partition coefficient (Wildman–Crippen LogP) is 2.89. The maximum Gasteiger partial charge on any atom is 0.261 e. The van der Waals surface area contributed by atoms with Crippen LogP contribution in [0.25, 0.3) is 10.9 Å². The van der Waals surface area contributed by atoms with Crippen molar-refractivity contribution < 1.29 is 14.2 Å². The van der Waals surface area contributed by atoms with Gasteiger partial charge in [0.2, 0.25) is 0 Å². The van der Waals surface area contributed by atoms with E-state index in [9.17, 15) is 4.79 Å². The molecular formula is C20H22N2O4. The standard InChI is InChI=1S/C20H22N2O4/c1-2-25-16-7-9-17(10-8-16)26-14-13-24-12-11-22-15-21-19-6-4-3-5-18(19)20(22)23/h3-10,15H,2,11-14H2,1H3. The fourth-order valence-corrected chi connectivity index (χ4v) is 2.55. The van der Waals surface area contributed by atoms with E-state index in [1.54, 1.807) is 17.0 Å². The first kappa shape index (κ1) is 17.9. The Morgan fingerprint density at radius 1 is 0.923 bits per heavy atom. The van der Waals surface area contributed by atoms with Gasteiger partial charge in [-0.25, -0.2) is 4.98 Å². The van der Waals surface area contributed by atoms with Crippen molar-refractivity contribution in [1.29, 1.82) is 0 Å². The molecule has 0 amide bonds. The molecule has 0 radical (unpaired) electrons. The largest absolute Gasteiger partial charge is 0.494 e. The Kier molecular flexibility index (Phi) is 6.22. The summed E-state index contributed by atoms with van der Waals surface area (Å²) in [7, 11) is 0. The van der Waals surface area contributed by atoms with Gasteiger partial charge in [-0.15, -0.1) is 0 Å². The number of para-hydroxylation sites is 1. The van der Waals surface area contributed by atoms with Crippen LogP contribution < -0.4 is 15.0 Å². The van der Waals surface area contributed by atoms with E-state index in [0.717, 1.165) is 11.5 Å². The summed E-state index contributed by atoms with van der Waals surface area (Å²) in [6, 6.07) is 14.8. The normalized spacial score (nSPS) is 10.8. The maximum absolute atomic E-state index is 12.3. The van der Waals surface area contributed by atoms with Gasteiger partial charge in [-0.2, -0.15) is 0 Å². The molecule has 0 bridgehead atoms. The first-order valence-corrected chi connectivity index (χ1v) is 8.65. The third-order valence-corrected chi connectivity index (χ3v) is 3.84. The van der Waals surface area contributed by atoms with Crippen LogP contribution in [0.2, 0.25) is 0 Å². The van der Waals surface area contributed by atoms with Crippen LogP contribution in [0.3, 0.4) is 0 Å². The van der Waals surface area contributed by atoms with Gasteiger partial charge in [0.15, 0.2) is 0 Å². The number of aromatic nitrogens is 2. The Balaban J connectivity index is 1.40. The lowest BCUT2D eigenvalue weighted by molar-refractivity contribution is 0.0938. The number of benzene rings is 2. The minimum Gasteiger partial charge on any atom is -0.494 e. The van der Waals surface area contributed by atoms with E-state index in [0.29, 0.717) is 43.9 Å². The van der Waals surface area contributed by atoms with Gasteiger partial charge in [-0.3, -0.25) is 9.36 Å². The molecule has 0 N–H and O–H groups in total. The maximum atomic E-state index is 12.3. The Bertz CT molecular complexity index is 890. The highest BCUT2D eigenvalue weighted by Gasteiger charge is 2.03. The molecule has 3 rings (SSSR count). The van der Waals surface area contributed by atoms with Crippen LogP contribution in [0.4, 0.5) is 0 Å². The van der Waals surface area contributed by atoms with E-state index >= 15 is 0 Å². The molecule has 0 saturated heterocycles. The van der Waals surface area contributed by atoms with Gasteiger partial charge in [0.05, 0.1) is 43.6 Å². The molecule has 1 aromatic heterocycles. The van der Waals surface area contributed by atoms with Gasteiger partial charge in [0.1, 0.15) is 18.1 Å². The second-order valence-electron chi connectivity index (χ2n) is 5.63. The summed E-state index contributed by atoms with van der Waals surface area (Å²) in [4.78, 5) is 16.6. The van der Waals surface area contributed by atoms with E-state index in [-0.39, 0.29) is 5.56 Å². The summed E-state index contributed by atoms with van der Waals surface area (Å²) in [6.45, 7) is 4.36. The van der Waals surface area contributed by atoms with Crippen molar-refractivity contribution in [2.45, 2.75) is 13.5 Å². The monoisotopic (exact) mass is 354 g/mol. The Hall–Kier alpha value is -2.86. The van der Waals surface area contributed by atoms with Crippen molar-refractivity contribution in [2.24, 2.45) is 0 Å². The highest BCUT2D eigenvalue weighted by atomic mass is 16.5. The average Bonchev–Trinajstić information content (AvgIpc) is 2.68. The van der Waals surface area contributed by atoms with Crippen molar-refractivity contribution in [1.82, 2.24) is 9.55 Å². The third-order valence-electron chi connectivity index (χ3n) is 3.84. The Morgan fingerprint density at radius 2 is 1.65 bits per heavy atom. The molecule has 0 fully saturated rings. The number of ether oxygens (including phenoxy) is 3. The Morgan fingerprint density at radius 3 is 2.42 bits per heavy atom. The first-order chi connectivity index (χ1) is 12.8. The molecule has 136 valence electrons. The van der Waals surface area contributed by atoms with Crippen LogP contribution in [0, 0.1) is 0 Å². The molecule has 0 saturated carbocycles. The third kappa shape index (κ3) is 4.61. The molecule has 0 spiro atoms. The van der Waals surface area contributed by atoms with E-state index in [1.807, 2.05) is 49.4 Å². The Labute approximate surface area is 152 Å². The molecular weight excluding hydrogens is 332 g/mol. The summed E-state index contributed by atoms with van der Waals surface area (Å²) in [5, 5.41) is 0.619. The molecule has 2 aromatic carbocycles. The van der Waals surface area contributed by atoms with Gasteiger partial charge in [-0.1, -0.05) is 12.1 Å². The lowest BCUT2D eigenvalue weighted by Gasteiger charge is -2.09. The van der Waals surface area contributed by atoms with Crippen molar-refractivity contribution in [3.05, 3.63) is 65.2 Å². The molecule has 6 nitrogen and oxygen atoms in total. The van der Waals surface area contributed by atoms with Crippen LogP contribution in [0.15, 0.2) is 59.7 Å². The summed E-state index contributed by atoms with van der Waals surface area (Å²) < 4.78 is 18.1. The van der Waals surface area contributed by atoms with E-state index < -0.39 is 0 Å². The molecule has 0 aliphatic rings. The zero-order valence-corrected chi connectivity index (χ0v) is 14.8. The van der Waals surface area contributed by atoms with Crippen LogP contribution >= 0.6 is 0 Å². The minimum atomic E-state index is -0.0511. The van der Waals surface area contributed by atoms with Crippen molar-refractivity contribution in [3.63, 3.8) is 0 Å². The molecule has 0 aliphatic heterocycles. The summed E-state index contributed by atoms with van der Waals surface area (Å²) in [6.07, 6.45) is 1.56.